The van der Waals surface area contributed by atoms with Gasteiger partial charge in [-0.1, -0.05) is 121 Å². The number of aldehydes is 1. The van der Waals surface area contributed by atoms with Crippen molar-refractivity contribution in [3.05, 3.63) is 59.7 Å². The Balaban J connectivity index is -0.000000160. The first-order valence-electron chi connectivity index (χ1n) is 32.4. The average Bonchev–Trinajstić information content (AvgIpc) is 1.37. The number of nitrogens with one attached hydrogen (secondary N) is 2. The molecule has 104 heavy (non-hydrogen) atoms. The van der Waals surface area contributed by atoms with Crippen LogP contribution in [0.25, 0.3) is 0 Å². The third-order valence-electron chi connectivity index (χ3n) is 14.8. The number of hydrogen-bond donors (Lipinski definition) is 5. The Morgan fingerprint density at radius 2 is 0.913 bits per heavy atom. The van der Waals surface area contributed by atoms with Gasteiger partial charge in [0.25, 0.3) is 0 Å². The lowest BCUT2D eigenvalue weighted by atomic mass is 9.74. The van der Waals surface area contributed by atoms with Crippen LogP contribution in [0.15, 0.2) is 53.5 Å². The molecule has 6 atom stereocenters. The number of likely N-dealkylation sites (N-methyl/N-ethyl adjacent to an activating group) is 2. The van der Waals surface area contributed by atoms with E-state index in [-0.39, 0.29) is 122 Å². The quantitative estimate of drug-likeness (QED) is 0.0245. The molecule has 2 aliphatic rings. The van der Waals surface area contributed by atoms with Gasteiger partial charge in [-0.25, -0.2) is 33.6 Å². The van der Waals surface area contributed by atoms with Crippen LogP contribution < -0.4 is 25.8 Å². The van der Waals surface area contributed by atoms with Gasteiger partial charge in [-0.2, -0.15) is 85.3 Å². The Kier molecular flexibility index (Phi) is 60.9. The number of esters is 3. The maximum atomic E-state index is 12.6. The van der Waals surface area contributed by atoms with Crippen LogP contribution in [0.4, 0.5) is 35.9 Å². The summed E-state index contributed by atoms with van der Waals surface area (Å²) in [6.45, 7) is 39.5. The fourth-order valence-electron chi connectivity index (χ4n) is 9.71. The summed E-state index contributed by atoms with van der Waals surface area (Å²) in [5.74, 6) is -4.45. The Hall–Kier alpha value is -5.47. The van der Waals surface area contributed by atoms with Crippen LogP contribution in [0.3, 0.4) is 0 Å². The predicted octanol–water partition coefficient (Wildman–Crippen LogP) is 15.1. The Labute approximate surface area is 648 Å². The fourth-order valence-corrected chi connectivity index (χ4v) is 9.71. The maximum Gasteiger partial charge on any atom is 0.490 e. The second-order valence-corrected chi connectivity index (χ2v) is 28.3. The molecule has 33 heteroatoms. The summed E-state index contributed by atoms with van der Waals surface area (Å²) in [4.78, 5) is 107. The summed E-state index contributed by atoms with van der Waals surface area (Å²) >= 11 is 0. The molecule has 0 aromatic heterocycles. The molecular weight excluding hydrogens is 1470 g/mol. The highest BCUT2D eigenvalue weighted by Crippen LogP contribution is 2.39. The zero-order chi connectivity index (χ0) is 75.8. The number of nitrogens with two attached hydrogens (primary N) is 1. The number of hydrogen-bond acceptors (Lipinski definition) is 18. The van der Waals surface area contributed by atoms with Crippen LogP contribution in [0.1, 0.15) is 209 Å². The minimum Gasteiger partial charge on any atom is -0.480 e. The molecule has 2 aromatic rings. The summed E-state index contributed by atoms with van der Waals surface area (Å²) in [5.41, 5.74) is 6.44. The smallest absolute Gasteiger partial charge is 0.480 e. The number of ether oxygens (including phenoxy) is 5. The number of alkyl halides is 6. The van der Waals surface area contributed by atoms with Crippen molar-refractivity contribution in [2.75, 3.05) is 40.3 Å². The molecular formula is C71H127ClF6N6O16S4. The zero-order valence-corrected chi connectivity index (χ0v) is 67.8. The minimum atomic E-state index is -5.08. The Morgan fingerprint density at radius 3 is 1.18 bits per heavy atom. The van der Waals surface area contributed by atoms with Gasteiger partial charge in [0.2, 0.25) is 12.4 Å². The Morgan fingerprint density at radius 1 is 0.587 bits per heavy atom. The molecule has 4 rings (SSSR count). The lowest BCUT2D eigenvalue weighted by Crippen LogP contribution is -2.48. The van der Waals surface area contributed by atoms with Crippen LogP contribution in [0, 0.1) is 23.7 Å². The first-order chi connectivity index (χ1) is 44.2. The van der Waals surface area contributed by atoms with Crippen molar-refractivity contribution in [3.63, 3.8) is 0 Å². The third kappa shape index (κ3) is 49.4. The molecule has 0 aliphatic carbocycles. The number of likely N-dealkylation sites (tertiary alicyclic amines) is 2. The van der Waals surface area contributed by atoms with Crippen molar-refractivity contribution in [2.45, 2.75) is 262 Å². The van der Waals surface area contributed by atoms with Crippen LogP contribution >= 0.6 is 66.4 Å². The molecule has 2 fully saturated rings. The standard InChI is InChI=1S/C25H40N2O4.C21H32N2O4.C10H17NO3.C9H19NO2.C2HF3O2.C2HF3O.2CH4.ClH.4H2S/c1-8-25(14-9-10-15-27(7)17-25)19-12-11-13-20(16-19)30-23(29)26-21(18(2)3)22(28)31-24(4,5)6;1-5-21(11-6-7-12-23(4)14-21)16-9-8-10-17(13-16)27-20(26)22-18(15(2)3)19(24)25;1-7(2)8(11-6-12)9(13)14-10(3,4)5;1-6(2)7(10)8(11)12-9(3,4)5;3-2(4,5)1(6)7;3-2(4,5)1-6;;;;;;;/h11-13,16,18,21H,8-10,14-15,17H2,1-7H3,(H,26,29);8-10,13,15,18H,5-7,11-12,14H2,1-4H3,(H,22,26)(H,24,25);7-8H,1-5H3;6-7H,10H2,1-5H3;(H,6,7);1H;2*1H4;1H;4*1H2/t21-,25?;18-,21?;8-;7-;;;;;;;;;/m0000........./s1. The maximum absolute atomic E-state index is 12.6. The van der Waals surface area contributed by atoms with E-state index in [9.17, 15) is 65.0 Å². The number of nitrogens with zero attached hydrogens (tertiary/aromatic N) is 3. The van der Waals surface area contributed by atoms with E-state index in [4.69, 9.17) is 44.1 Å². The van der Waals surface area contributed by atoms with Crippen LogP contribution in [-0.2, 0) is 58.6 Å². The molecule has 2 heterocycles. The minimum absolute atomic E-state index is 0. The molecule has 0 bridgehead atoms. The van der Waals surface area contributed by atoms with Gasteiger partial charge in [0.05, 0.1) is 0 Å². The largest absolute Gasteiger partial charge is 0.490 e. The van der Waals surface area contributed by atoms with Crippen molar-refractivity contribution < 1.29 is 103 Å². The van der Waals surface area contributed by atoms with Crippen molar-refractivity contribution in [1.29, 1.82) is 0 Å². The SMILES string of the molecule is C.C.CC(C)[C@H](N)C(=O)OC(C)(C)C.CC(C)[C@H](N=C=O)C(=O)OC(C)(C)C.CCC1(c2cccc(OC(=O)N[C@H](C(=O)O)C(C)C)c2)CCCCN(C)C1.CCC1(c2cccc(OC(=O)N[C@H](C(=O)OC(C)(C)C)C(C)C)c2)CCCCN(C)C1.Cl.O=C(O)C(F)(F)F.O=CC(F)(F)F.S.S.S.S. The summed E-state index contributed by atoms with van der Waals surface area (Å²) in [5, 5.41) is 21.5. The van der Waals surface area contributed by atoms with Gasteiger partial charge in [0, 0.05) is 23.9 Å². The fraction of sp³-hybridized carbons (Fsp3) is 0.704. The highest BCUT2D eigenvalue weighted by atomic mass is 35.5. The molecule has 0 saturated carbocycles. The van der Waals surface area contributed by atoms with Crippen molar-refractivity contribution >= 4 is 121 Å². The van der Waals surface area contributed by atoms with E-state index in [0.717, 1.165) is 51.9 Å². The summed E-state index contributed by atoms with van der Waals surface area (Å²) in [7, 11) is 4.33. The highest BCUT2D eigenvalue weighted by molar-refractivity contribution is 7.59. The van der Waals surface area contributed by atoms with E-state index in [1.54, 1.807) is 81.4 Å². The van der Waals surface area contributed by atoms with Gasteiger partial charge in [-0.3, -0.25) is 9.59 Å². The first-order valence-corrected chi connectivity index (χ1v) is 32.4. The lowest BCUT2D eigenvalue weighted by Gasteiger charge is -2.35. The molecule has 2 aliphatic heterocycles. The van der Waals surface area contributed by atoms with Crippen molar-refractivity contribution in [1.82, 2.24) is 20.4 Å². The normalized spacial score (nSPS) is 17.0. The van der Waals surface area contributed by atoms with Gasteiger partial charge in [0.1, 0.15) is 46.4 Å². The molecule has 2 amide bonds. The van der Waals surface area contributed by atoms with Crippen LogP contribution in [-0.4, -0.2) is 168 Å². The summed E-state index contributed by atoms with van der Waals surface area (Å²) in [6.07, 6.45) is -1.73. The number of carboxylic acid groups (broad SMARTS) is 2. The van der Waals surface area contributed by atoms with E-state index in [0.29, 0.717) is 11.5 Å². The van der Waals surface area contributed by atoms with E-state index in [1.807, 2.05) is 72.7 Å². The number of rotatable bonds is 17. The van der Waals surface area contributed by atoms with Gasteiger partial charge in [-0.15, -0.1) is 12.4 Å². The molecule has 6 N–H and O–H groups in total. The van der Waals surface area contributed by atoms with E-state index in [1.165, 1.54) is 42.9 Å². The van der Waals surface area contributed by atoms with E-state index >= 15 is 0 Å². The van der Waals surface area contributed by atoms with Crippen molar-refractivity contribution in [3.8, 4) is 11.5 Å². The molecule has 2 unspecified atom stereocenters. The number of carbonyl (C=O) groups excluding carboxylic acids is 7. The van der Waals surface area contributed by atoms with Gasteiger partial charge in [0.15, 0.2) is 6.04 Å². The van der Waals surface area contributed by atoms with E-state index in [2.05, 4.69) is 65.5 Å². The number of halogens is 7. The number of carboxylic acids is 2. The molecule has 2 saturated heterocycles. The van der Waals surface area contributed by atoms with Crippen LogP contribution in [0.2, 0.25) is 0 Å². The molecule has 0 spiro atoms. The summed E-state index contributed by atoms with van der Waals surface area (Å²) in [6, 6.07) is 12.5. The molecule has 610 valence electrons. The lowest BCUT2D eigenvalue weighted by molar-refractivity contribution is -0.192. The molecule has 22 nitrogen and oxygen atoms in total. The Bertz CT molecular complexity index is 2860. The number of aliphatic imine (C=N–C) groups is 1. The monoisotopic (exact) mass is 1600 g/mol. The second kappa shape index (κ2) is 54.2. The highest BCUT2D eigenvalue weighted by Gasteiger charge is 2.39. The zero-order valence-electron chi connectivity index (χ0n) is 63.0. The van der Waals surface area contributed by atoms with Gasteiger partial charge in [-0.05, 0) is 187 Å². The van der Waals surface area contributed by atoms with Crippen molar-refractivity contribution in [2.24, 2.45) is 34.4 Å². The molecule has 2 aromatic carbocycles. The topological polar surface area (TPSA) is 309 Å². The van der Waals surface area contributed by atoms with Gasteiger partial charge < -0.3 is 60.1 Å². The predicted molar refractivity (Wildman–Crippen MR) is 418 cm³/mol. The number of isocyanates is 1. The number of carbonyl (C=O) groups is 8. The third-order valence-corrected chi connectivity index (χ3v) is 14.8. The van der Waals surface area contributed by atoms with Gasteiger partial charge >= 0.3 is 54.4 Å². The van der Waals surface area contributed by atoms with Crippen LogP contribution in [0.5, 0.6) is 11.5 Å². The number of amides is 2. The number of benzene rings is 2. The second-order valence-electron chi connectivity index (χ2n) is 28.3. The average molecular weight is 1600 g/mol. The van der Waals surface area contributed by atoms with E-state index < -0.39 is 95.7 Å². The summed E-state index contributed by atoms with van der Waals surface area (Å²) < 4.78 is 89.6. The molecule has 0 radical (unpaired) electrons. The first kappa shape index (κ1) is 117. The number of aliphatic carboxylic acids is 2.